The van der Waals surface area contributed by atoms with Crippen LogP contribution in [0.25, 0.3) is 0 Å². The maximum atomic E-state index is 13.5. The molecule has 228 valence electrons. The molecule has 0 aromatic carbocycles. The molecule has 1 atom stereocenters. The number of pyridine rings is 1. The molecule has 2 saturated heterocycles. The van der Waals surface area contributed by atoms with Crippen molar-refractivity contribution in [3.05, 3.63) is 42.8 Å². The number of hydrogen-bond acceptors (Lipinski definition) is 7. The molecule has 13 heteroatoms. The predicted molar refractivity (Wildman–Crippen MR) is 159 cm³/mol. The Morgan fingerprint density at radius 3 is 2.67 bits per heavy atom. The molecule has 0 spiro atoms. The fraction of sp³-hybridized carbons (Fsp3) is 0.586. The Balaban J connectivity index is 1.41. The van der Waals surface area contributed by atoms with E-state index >= 15 is 0 Å². The molecular formula is C29H38F3N7O2S. The number of amides is 3. The molecule has 3 aliphatic heterocycles. The summed E-state index contributed by atoms with van der Waals surface area (Å²) in [5.41, 5.74) is -1.59. The molecule has 5 rings (SSSR count). The van der Waals surface area contributed by atoms with Crippen LogP contribution in [0.3, 0.4) is 0 Å². The number of nitrogens with zero attached hydrogens (tertiary/aromatic N) is 5. The lowest BCUT2D eigenvalue weighted by Crippen LogP contribution is -2.41. The molecule has 4 aliphatic rings. The number of urea groups is 1. The first-order chi connectivity index (χ1) is 19.8. The number of carbonyl (C=O) groups is 2. The van der Waals surface area contributed by atoms with Crippen LogP contribution in [0.4, 0.5) is 29.6 Å². The number of anilines is 2. The fourth-order valence-corrected chi connectivity index (χ4v) is 6.71. The van der Waals surface area contributed by atoms with Crippen LogP contribution >= 0.6 is 11.9 Å². The summed E-state index contributed by atoms with van der Waals surface area (Å²) in [6.45, 7) is 14.1. The third kappa shape index (κ3) is 6.11. The van der Waals surface area contributed by atoms with Crippen LogP contribution in [0.15, 0.2) is 42.2 Å². The van der Waals surface area contributed by atoms with Crippen molar-refractivity contribution >= 4 is 40.6 Å². The van der Waals surface area contributed by atoms with Crippen molar-refractivity contribution in [3.63, 3.8) is 0 Å². The number of fused-ring (bicyclic) bond motifs is 4. The standard InChI is InChI=1S/C29H38F3N7O2S/c1-5-23-34-19(2)33-13-6-7-20-17-27(3,4)39(18-20)24-21(25(40)36-42-23)8-9-22(35-24)38-16-15-37(26(38)41)14-12-28(10-11-28)29(30,31)32/h5,8-9,20,33H,1-2,6-7,10-18H2,3-4H3,(H,36,40)/b34-23+. The molecule has 1 aliphatic carbocycles. The van der Waals surface area contributed by atoms with E-state index in [2.05, 4.69) is 46.9 Å². The van der Waals surface area contributed by atoms with Crippen LogP contribution in [0, 0.1) is 11.3 Å². The van der Waals surface area contributed by atoms with Gasteiger partial charge in [0.2, 0.25) is 0 Å². The molecule has 2 bridgehead atoms. The molecule has 9 nitrogen and oxygen atoms in total. The van der Waals surface area contributed by atoms with Gasteiger partial charge in [0.25, 0.3) is 5.91 Å². The van der Waals surface area contributed by atoms with Gasteiger partial charge in [-0.1, -0.05) is 13.2 Å². The minimum atomic E-state index is -4.25. The van der Waals surface area contributed by atoms with E-state index in [1.54, 1.807) is 12.1 Å². The highest BCUT2D eigenvalue weighted by Gasteiger charge is 2.62. The quantitative estimate of drug-likeness (QED) is 0.432. The van der Waals surface area contributed by atoms with E-state index < -0.39 is 11.6 Å². The highest BCUT2D eigenvalue weighted by molar-refractivity contribution is 8.13. The lowest BCUT2D eigenvalue weighted by atomic mass is 9.93. The second-order valence-corrected chi connectivity index (χ2v) is 13.0. The van der Waals surface area contributed by atoms with E-state index in [4.69, 9.17) is 4.98 Å². The SMILES string of the molecule is C=C/C1=N\C(=C)NCCCC2CN(c3nc(N4CCN(CCC5(C(F)(F)F)CC5)C4=O)ccc3C(=O)NS1)C(C)(C)C2. The van der Waals surface area contributed by atoms with Crippen molar-refractivity contribution < 1.29 is 22.8 Å². The first-order valence-electron chi connectivity index (χ1n) is 14.4. The Morgan fingerprint density at radius 2 is 1.98 bits per heavy atom. The van der Waals surface area contributed by atoms with Crippen molar-refractivity contribution in [1.82, 2.24) is 19.9 Å². The van der Waals surface area contributed by atoms with E-state index in [0.717, 1.165) is 37.8 Å². The molecule has 1 saturated carbocycles. The average molecular weight is 606 g/mol. The monoisotopic (exact) mass is 605 g/mol. The largest absolute Gasteiger partial charge is 0.394 e. The number of aromatic nitrogens is 1. The van der Waals surface area contributed by atoms with E-state index in [1.165, 1.54) is 15.9 Å². The summed E-state index contributed by atoms with van der Waals surface area (Å²) in [7, 11) is 0. The minimum Gasteiger partial charge on any atom is -0.371 e. The minimum absolute atomic E-state index is 0.0503. The van der Waals surface area contributed by atoms with E-state index in [1.807, 2.05) is 0 Å². The van der Waals surface area contributed by atoms with Crippen LogP contribution < -0.4 is 19.8 Å². The van der Waals surface area contributed by atoms with Gasteiger partial charge in [-0.3, -0.25) is 14.4 Å². The van der Waals surface area contributed by atoms with Gasteiger partial charge in [-0.2, -0.15) is 13.2 Å². The Bertz CT molecular complexity index is 1290. The van der Waals surface area contributed by atoms with Crippen LogP contribution in [0.2, 0.25) is 0 Å². The van der Waals surface area contributed by atoms with Crippen molar-refractivity contribution in [2.75, 3.05) is 42.5 Å². The fourth-order valence-electron chi connectivity index (χ4n) is 6.16. The summed E-state index contributed by atoms with van der Waals surface area (Å²) >= 11 is 1.03. The molecule has 1 unspecified atom stereocenters. The maximum Gasteiger partial charge on any atom is 0.394 e. The lowest BCUT2D eigenvalue weighted by molar-refractivity contribution is -0.189. The normalized spacial score (nSPS) is 25.5. The van der Waals surface area contributed by atoms with Crippen LogP contribution in [-0.2, 0) is 0 Å². The van der Waals surface area contributed by atoms with E-state index in [9.17, 15) is 22.8 Å². The van der Waals surface area contributed by atoms with Gasteiger partial charge in [-0.25, -0.2) is 14.8 Å². The van der Waals surface area contributed by atoms with Crippen molar-refractivity contribution in [2.45, 2.75) is 64.1 Å². The molecule has 4 heterocycles. The maximum absolute atomic E-state index is 13.5. The molecule has 1 aromatic rings. The molecule has 42 heavy (non-hydrogen) atoms. The third-order valence-corrected chi connectivity index (χ3v) is 9.55. The van der Waals surface area contributed by atoms with Crippen LogP contribution in [0.1, 0.15) is 62.7 Å². The molecule has 2 N–H and O–H groups in total. The van der Waals surface area contributed by atoms with Crippen LogP contribution in [-0.4, -0.2) is 71.3 Å². The van der Waals surface area contributed by atoms with E-state index in [0.29, 0.717) is 53.6 Å². The van der Waals surface area contributed by atoms with Crippen molar-refractivity contribution in [1.29, 1.82) is 0 Å². The second kappa shape index (κ2) is 11.5. The van der Waals surface area contributed by atoms with Gasteiger partial charge in [0, 0.05) is 50.2 Å². The summed E-state index contributed by atoms with van der Waals surface area (Å²) in [6.07, 6.45) is 0.233. The van der Waals surface area contributed by atoms with Gasteiger partial charge in [0.15, 0.2) is 0 Å². The number of carbonyl (C=O) groups excluding carboxylic acids is 2. The number of aliphatic imine (C=N–C) groups is 1. The topological polar surface area (TPSA) is 93.2 Å². The second-order valence-electron chi connectivity index (χ2n) is 12.2. The highest BCUT2D eigenvalue weighted by atomic mass is 32.2. The Labute approximate surface area is 248 Å². The zero-order valence-electron chi connectivity index (χ0n) is 24.1. The third-order valence-electron chi connectivity index (χ3n) is 8.79. The van der Waals surface area contributed by atoms with Gasteiger partial charge < -0.3 is 15.1 Å². The first kappa shape index (κ1) is 30.2. The van der Waals surface area contributed by atoms with Crippen molar-refractivity contribution in [3.8, 4) is 0 Å². The zero-order chi connectivity index (χ0) is 30.3. The van der Waals surface area contributed by atoms with Gasteiger partial charge in [-0.05, 0) is 76.5 Å². The zero-order valence-corrected chi connectivity index (χ0v) is 24.9. The number of hydrogen-bond donors (Lipinski definition) is 2. The Kier molecular flexibility index (Phi) is 8.25. The Hall–Kier alpha value is -3.22. The summed E-state index contributed by atoms with van der Waals surface area (Å²) < 4.78 is 43.2. The smallest absolute Gasteiger partial charge is 0.371 e. The van der Waals surface area contributed by atoms with Gasteiger partial charge in [0.05, 0.1) is 11.0 Å². The van der Waals surface area contributed by atoms with Gasteiger partial charge in [0.1, 0.15) is 22.5 Å². The van der Waals surface area contributed by atoms with Gasteiger partial charge in [-0.15, -0.1) is 0 Å². The average Bonchev–Trinajstić information content (AvgIpc) is 3.57. The molecule has 3 amide bonds. The van der Waals surface area contributed by atoms with E-state index in [-0.39, 0.29) is 43.3 Å². The predicted octanol–water partition coefficient (Wildman–Crippen LogP) is 5.48. The first-order valence-corrected chi connectivity index (χ1v) is 15.2. The van der Waals surface area contributed by atoms with Gasteiger partial charge >= 0.3 is 12.2 Å². The Morgan fingerprint density at radius 1 is 1.21 bits per heavy atom. The summed E-state index contributed by atoms with van der Waals surface area (Å²) in [5, 5.41) is 3.70. The van der Waals surface area contributed by atoms with Crippen molar-refractivity contribution in [2.24, 2.45) is 16.3 Å². The summed E-state index contributed by atoms with van der Waals surface area (Å²) in [4.78, 5) is 41.2. The number of rotatable bonds is 5. The molecule has 3 fully saturated rings. The summed E-state index contributed by atoms with van der Waals surface area (Å²) in [5.74, 6) is 1.36. The lowest BCUT2D eigenvalue weighted by Gasteiger charge is -2.34. The number of nitrogens with one attached hydrogen (secondary N) is 2. The number of halogens is 3. The molecule has 1 aromatic heterocycles. The molecular weight excluding hydrogens is 567 g/mol. The van der Waals surface area contributed by atoms with Crippen LogP contribution in [0.5, 0.6) is 0 Å². The number of alkyl halides is 3. The summed E-state index contributed by atoms with van der Waals surface area (Å²) in [6, 6.07) is 2.93. The molecule has 0 radical (unpaired) electrons. The highest BCUT2D eigenvalue weighted by Crippen LogP contribution is 2.60.